The number of methoxy groups -OCH3 is 1. The minimum Gasteiger partial charge on any atom is -0.375 e. The molecule has 0 saturated carbocycles. The molecule has 1 aromatic carbocycles. The van der Waals surface area contributed by atoms with Crippen molar-refractivity contribution >= 4 is 40.5 Å². The van der Waals surface area contributed by atoms with Crippen molar-refractivity contribution < 1.29 is 13.7 Å². The summed E-state index contributed by atoms with van der Waals surface area (Å²) in [5.41, 5.74) is 5.65. The minimum atomic E-state index is -0.786. The summed E-state index contributed by atoms with van der Waals surface area (Å²) in [4.78, 5) is 33.0. The number of fused-ring (bicyclic) bond motifs is 1. The van der Waals surface area contributed by atoms with Crippen molar-refractivity contribution in [1.29, 1.82) is 0 Å². The second-order valence-electron chi connectivity index (χ2n) is 9.25. The molecule has 11 nitrogen and oxygen atoms in total. The van der Waals surface area contributed by atoms with E-state index in [1.165, 1.54) is 12.7 Å². The Morgan fingerprint density at radius 3 is 2.46 bits per heavy atom. The molecule has 0 bridgehead atoms. The summed E-state index contributed by atoms with van der Waals surface area (Å²) >= 11 is 0. The van der Waals surface area contributed by atoms with Crippen molar-refractivity contribution in [2.75, 3.05) is 92.5 Å². The van der Waals surface area contributed by atoms with Gasteiger partial charge in [-0.15, -0.1) is 0 Å². The summed E-state index contributed by atoms with van der Waals surface area (Å²) in [6.45, 7) is 5.16. The second-order valence-corrected chi connectivity index (χ2v) is 10.9. The van der Waals surface area contributed by atoms with Crippen molar-refractivity contribution in [3.05, 3.63) is 41.5 Å². The van der Waals surface area contributed by atoms with Crippen LogP contribution in [0, 0.1) is 0 Å². The summed E-state index contributed by atoms with van der Waals surface area (Å²) in [5.74, 6) is 3.53. The van der Waals surface area contributed by atoms with E-state index in [0.717, 1.165) is 30.2 Å². The largest absolute Gasteiger partial charge is 0.375 e. The van der Waals surface area contributed by atoms with Crippen molar-refractivity contribution in [2.45, 2.75) is 6.42 Å². The molecule has 2 fully saturated rings. The summed E-state index contributed by atoms with van der Waals surface area (Å²) < 4.78 is 17.0. The number of benzene rings is 1. The third-order valence-electron chi connectivity index (χ3n) is 6.81. The van der Waals surface area contributed by atoms with Crippen LogP contribution in [0.25, 0.3) is 0 Å². The smallest absolute Gasteiger partial charge is 0.248 e. The van der Waals surface area contributed by atoms with Crippen LogP contribution >= 0.6 is 0 Å². The van der Waals surface area contributed by atoms with E-state index in [-0.39, 0.29) is 12.5 Å². The summed E-state index contributed by atoms with van der Waals surface area (Å²) in [5, 5.41) is 1.99. The van der Waals surface area contributed by atoms with E-state index in [4.69, 9.17) is 14.7 Å². The van der Waals surface area contributed by atoms with Gasteiger partial charge < -0.3 is 19.4 Å². The Hall–Kier alpha value is -3.09. The highest BCUT2D eigenvalue weighted by molar-refractivity contribution is 7.85. The topological polar surface area (TPSA) is 106 Å². The highest BCUT2D eigenvalue weighted by Crippen LogP contribution is 2.31. The van der Waals surface area contributed by atoms with Crippen LogP contribution < -0.4 is 20.2 Å². The number of hydrogen-bond donors (Lipinski definition) is 1. The van der Waals surface area contributed by atoms with E-state index in [2.05, 4.69) is 44.5 Å². The van der Waals surface area contributed by atoms with E-state index >= 15 is 0 Å². The molecule has 198 valence electrons. The molecule has 0 aliphatic carbocycles. The number of amides is 1. The van der Waals surface area contributed by atoms with Gasteiger partial charge in [0.25, 0.3) is 0 Å². The third kappa shape index (κ3) is 6.08. The predicted molar refractivity (Wildman–Crippen MR) is 146 cm³/mol. The molecule has 0 spiro atoms. The first-order valence-electron chi connectivity index (χ1n) is 12.7. The number of hydrogen-bond acceptors (Lipinski definition) is 10. The molecule has 37 heavy (non-hydrogen) atoms. The van der Waals surface area contributed by atoms with Crippen LogP contribution in [-0.4, -0.2) is 109 Å². The Morgan fingerprint density at radius 2 is 1.73 bits per heavy atom. The van der Waals surface area contributed by atoms with Crippen molar-refractivity contribution in [2.24, 2.45) is 4.99 Å². The van der Waals surface area contributed by atoms with Crippen LogP contribution in [-0.2, 0) is 26.8 Å². The molecular formula is C25H34N8O3S. The molecule has 1 amide bonds. The standard InChI is InChI=1S/C25H34N8O3S/c1-36-18-22(34)30-9-11-32(12-10-30)25-28-23(31-13-15-37(35)16-14-31)21-17-26-19-33(24(21)29-25)27-8-7-20-5-3-2-4-6-20/h2-6,17,27H,7-16,18-19H2,1H3. The molecule has 1 N–H and O–H groups in total. The number of rotatable bonds is 8. The molecule has 3 aliphatic heterocycles. The minimum absolute atomic E-state index is 0.000480. The lowest BCUT2D eigenvalue weighted by Crippen LogP contribution is -2.50. The van der Waals surface area contributed by atoms with Crippen LogP contribution in [0.3, 0.4) is 0 Å². The van der Waals surface area contributed by atoms with Gasteiger partial charge in [-0.05, 0) is 12.0 Å². The van der Waals surface area contributed by atoms with Crippen molar-refractivity contribution in [3.8, 4) is 0 Å². The van der Waals surface area contributed by atoms with Gasteiger partial charge >= 0.3 is 0 Å². The van der Waals surface area contributed by atoms with Crippen LogP contribution in [0.15, 0.2) is 35.3 Å². The monoisotopic (exact) mass is 526 g/mol. The number of nitrogens with one attached hydrogen (secondary N) is 1. The number of carbonyl (C=O) groups is 1. The molecule has 0 radical (unpaired) electrons. The second kappa shape index (κ2) is 12.0. The van der Waals surface area contributed by atoms with E-state index < -0.39 is 10.8 Å². The fraction of sp³-hybridized carbons (Fsp3) is 0.520. The fourth-order valence-electron chi connectivity index (χ4n) is 4.74. The lowest BCUT2D eigenvalue weighted by atomic mass is 10.1. The first-order valence-corrected chi connectivity index (χ1v) is 14.2. The Labute approximate surface area is 219 Å². The predicted octanol–water partition coefficient (Wildman–Crippen LogP) is 0.284. The van der Waals surface area contributed by atoms with Gasteiger partial charge in [-0.1, -0.05) is 30.3 Å². The van der Waals surface area contributed by atoms with Crippen molar-refractivity contribution in [3.63, 3.8) is 0 Å². The van der Waals surface area contributed by atoms with Gasteiger partial charge in [-0.3, -0.25) is 19.0 Å². The molecule has 5 rings (SSSR count). The molecule has 2 saturated heterocycles. The Balaban J connectivity index is 1.38. The summed E-state index contributed by atoms with van der Waals surface area (Å²) in [7, 11) is 0.752. The van der Waals surface area contributed by atoms with Crippen LogP contribution in [0.4, 0.5) is 17.6 Å². The van der Waals surface area contributed by atoms with E-state index in [1.54, 1.807) is 0 Å². The molecule has 2 aromatic rings. The number of aliphatic imine (C=N–C) groups is 1. The number of anilines is 3. The van der Waals surface area contributed by atoms with Crippen molar-refractivity contribution in [1.82, 2.24) is 20.3 Å². The SMILES string of the molecule is COCC(=O)N1CCN(c2nc(N3CCS(=O)CC3)c3c(n2)N(NCCc2ccccc2)CN=C3)CC1. The first-order chi connectivity index (χ1) is 18.1. The number of nitrogens with zero attached hydrogens (tertiary/aromatic N) is 7. The summed E-state index contributed by atoms with van der Waals surface area (Å²) in [6, 6.07) is 10.4. The zero-order valence-corrected chi connectivity index (χ0v) is 22.0. The van der Waals surface area contributed by atoms with Crippen LogP contribution in [0.2, 0.25) is 0 Å². The molecule has 0 unspecified atom stereocenters. The lowest BCUT2D eigenvalue weighted by Gasteiger charge is -2.37. The average molecular weight is 527 g/mol. The molecule has 3 aliphatic rings. The number of ether oxygens (including phenoxy) is 1. The quantitative estimate of drug-likeness (QED) is 0.519. The number of piperazine rings is 1. The Kier molecular flexibility index (Phi) is 8.27. The van der Waals surface area contributed by atoms with Gasteiger partial charge in [-0.2, -0.15) is 9.97 Å². The third-order valence-corrected chi connectivity index (χ3v) is 8.09. The molecular weight excluding hydrogens is 492 g/mol. The lowest BCUT2D eigenvalue weighted by molar-refractivity contribution is -0.135. The van der Waals surface area contributed by atoms with Crippen LogP contribution in [0.1, 0.15) is 11.1 Å². The Morgan fingerprint density at radius 1 is 1.00 bits per heavy atom. The zero-order valence-electron chi connectivity index (χ0n) is 21.2. The number of aromatic nitrogens is 2. The Bertz CT molecular complexity index is 1130. The van der Waals surface area contributed by atoms with Gasteiger partial charge in [0.15, 0.2) is 5.82 Å². The van der Waals surface area contributed by atoms with Gasteiger partial charge in [0.1, 0.15) is 19.1 Å². The normalized spacial score (nSPS) is 18.3. The molecule has 4 heterocycles. The summed E-state index contributed by atoms with van der Waals surface area (Å²) in [6.07, 6.45) is 2.74. The van der Waals surface area contributed by atoms with Gasteiger partial charge in [0.2, 0.25) is 11.9 Å². The molecule has 0 atom stereocenters. The maximum atomic E-state index is 12.3. The zero-order chi connectivity index (χ0) is 25.6. The van der Waals surface area contributed by atoms with E-state index in [0.29, 0.717) is 63.4 Å². The maximum Gasteiger partial charge on any atom is 0.248 e. The molecule has 1 aromatic heterocycles. The van der Waals surface area contributed by atoms with E-state index in [9.17, 15) is 9.00 Å². The van der Waals surface area contributed by atoms with Gasteiger partial charge in [-0.25, -0.2) is 5.43 Å². The average Bonchev–Trinajstić information content (AvgIpc) is 2.94. The van der Waals surface area contributed by atoms with Gasteiger partial charge in [0, 0.05) is 81.4 Å². The highest BCUT2D eigenvalue weighted by Gasteiger charge is 2.29. The van der Waals surface area contributed by atoms with Crippen LogP contribution in [0.5, 0.6) is 0 Å². The fourth-order valence-corrected chi connectivity index (χ4v) is 5.80. The first kappa shape index (κ1) is 25.6. The van der Waals surface area contributed by atoms with E-state index in [1.807, 2.05) is 22.2 Å². The number of carbonyl (C=O) groups excluding carboxylic acids is 1. The molecule has 12 heteroatoms. The number of hydrazine groups is 1. The maximum absolute atomic E-state index is 12.3. The highest BCUT2D eigenvalue weighted by atomic mass is 32.2. The van der Waals surface area contributed by atoms with Gasteiger partial charge in [0.05, 0.1) is 5.56 Å².